The van der Waals surface area contributed by atoms with E-state index < -0.39 is 0 Å². The van der Waals surface area contributed by atoms with Crippen LogP contribution < -0.4 is 10.5 Å². The van der Waals surface area contributed by atoms with Crippen molar-refractivity contribution < 1.29 is 4.74 Å². The van der Waals surface area contributed by atoms with Crippen LogP contribution in [0.2, 0.25) is 0 Å². The number of rotatable bonds is 3. The average Bonchev–Trinajstić information content (AvgIpc) is 2.46. The molecule has 0 radical (unpaired) electrons. The topological polar surface area (TPSA) is 35.2 Å². The van der Waals surface area contributed by atoms with E-state index in [1.807, 2.05) is 42.5 Å². The van der Waals surface area contributed by atoms with Crippen LogP contribution in [0.1, 0.15) is 11.1 Å². The van der Waals surface area contributed by atoms with Crippen molar-refractivity contribution in [2.45, 2.75) is 6.54 Å². The van der Waals surface area contributed by atoms with E-state index in [0.29, 0.717) is 13.2 Å². The first-order valence-corrected chi connectivity index (χ1v) is 7.64. The SMILES string of the molecule is NCc1cc(Br)c(OCC#Cc2ccccc2)c(Br)c1. The molecule has 0 aromatic heterocycles. The Morgan fingerprint density at radius 2 is 1.70 bits per heavy atom. The summed E-state index contributed by atoms with van der Waals surface area (Å²) >= 11 is 6.95. The lowest BCUT2D eigenvalue weighted by molar-refractivity contribution is 0.365. The third-order valence-corrected chi connectivity index (χ3v) is 3.77. The first-order chi connectivity index (χ1) is 9.70. The summed E-state index contributed by atoms with van der Waals surface area (Å²) in [5, 5.41) is 0. The second kappa shape index (κ2) is 7.49. The van der Waals surface area contributed by atoms with Gasteiger partial charge in [0.05, 0.1) is 8.95 Å². The molecule has 20 heavy (non-hydrogen) atoms. The van der Waals surface area contributed by atoms with E-state index in [2.05, 4.69) is 43.7 Å². The predicted molar refractivity (Wildman–Crippen MR) is 88.5 cm³/mol. The van der Waals surface area contributed by atoms with Crippen molar-refractivity contribution in [1.82, 2.24) is 0 Å². The summed E-state index contributed by atoms with van der Waals surface area (Å²) in [5.74, 6) is 6.79. The Labute approximate surface area is 135 Å². The zero-order valence-electron chi connectivity index (χ0n) is 10.7. The van der Waals surface area contributed by atoms with E-state index in [0.717, 1.165) is 25.8 Å². The van der Waals surface area contributed by atoms with Crippen LogP contribution in [0.3, 0.4) is 0 Å². The van der Waals surface area contributed by atoms with Crippen molar-refractivity contribution >= 4 is 31.9 Å². The standard InChI is InChI=1S/C16H13Br2NO/c17-14-9-13(11-19)10-15(18)16(14)20-8-4-7-12-5-2-1-3-6-12/h1-3,5-6,9-10H,8,11,19H2. The molecule has 0 aliphatic carbocycles. The van der Waals surface area contributed by atoms with Crippen molar-refractivity contribution in [2.75, 3.05) is 6.61 Å². The fourth-order valence-electron chi connectivity index (χ4n) is 1.64. The maximum atomic E-state index is 5.68. The van der Waals surface area contributed by atoms with Crippen molar-refractivity contribution in [1.29, 1.82) is 0 Å². The quantitative estimate of drug-likeness (QED) is 0.795. The molecule has 0 saturated carbocycles. The average molecular weight is 395 g/mol. The zero-order chi connectivity index (χ0) is 14.4. The van der Waals surface area contributed by atoms with Gasteiger partial charge in [-0.25, -0.2) is 0 Å². The molecule has 2 nitrogen and oxygen atoms in total. The van der Waals surface area contributed by atoms with Gasteiger partial charge in [0.2, 0.25) is 0 Å². The molecule has 102 valence electrons. The Morgan fingerprint density at radius 3 is 2.30 bits per heavy atom. The maximum Gasteiger partial charge on any atom is 0.149 e. The lowest BCUT2D eigenvalue weighted by Gasteiger charge is -2.09. The van der Waals surface area contributed by atoms with Gasteiger partial charge in [-0.2, -0.15) is 0 Å². The van der Waals surface area contributed by atoms with Gasteiger partial charge in [-0.1, -0.05) is 30.0 Å². The lowest BCUT2D eigenvalue weighted by Crippen LogP contribution is -2.00. The van der Waals surface area contributed by atoms with E-state index in [1.54, 1.807) is 0 Å². The van der Waals surface area contributed by atoms with Crippen LogP contribution in [0.15, 0.2) is 51.4 Å². The molecule has 4 heteroatoms. The molecule has 2 N–H and O–H groups in total. The molecular formula is C16H13Br2NO. The molecule has 0 fully saturated rings. The minimum atomic E-state index is 0.327. The molecule has 0 bridgehead atoms. The third kappa shape index (κ3) is 4.11. The van der Waals surface area contributed by atoms with Crippen molar-refractivity contribution in [3.05, 3.63) is 62.5 Å². The highest BCUT2D eigenvalue weighted by Crippen LogP contribution is 2.34. The maximum absolute atomic E-state index is 5.68. The zero-order valence-corrected chi connectivity index (χ0v) is 13.9. The largest absolute Gasteiger partial charge is 0.479 e. The Kier molecular flexibility index (Phi) is 5.66. The van der Waals surface area contributed by atoms with Crippen molar-refractivity contribution in [2.24, 2.45) is 5.73 Å². The van der Waals surface area contributed by atoms with Crippen LogP contribution in [0, 0.1) is 11.8 Å². The molecule has 0 unspecified atom stereocenters. The van der Waals surface area contributed by atoms with E-state index in [1.165, 1.54) is 0 Å². The van der Waals surface area contributed by atoms with Gasteiger partial charge in [-0.3, -0.25) is 0 Å². The Morgan fingerprint density at radius 1 is 1.05 bits per heavy atom. The third-order valence-electron chi connectivity index (χ3n) is 2.59. The summed E-state index contributed by atoms with van der Waals surface area (Å²) in [6.45, 7) is 0.819. The highest BCUT2D eigenvalue weighted by molar-refractivity contribution is 9.11. The lowest BCUT2D eigenvalue weighted by atomic mass is 10.2. The minimum Gasteiger partial charge on any atom is -0.479 e. The summed E-state index contributed by atoms with van der Waals surface area (Å²) in [5.41, 5.74) is 7.63. The molecule has 0 saturated heterocycles. The number of halogens is 2. The number of hydrogen-bond acceptors (Lipinski definition) is 2. The second-order valence-electron chi connectivity index (χ2n) is 4.05. The first-order valence-electron chi connectivity index (χ1n) is 6.05. The van der Waals surface area contributed by atoms with Crippen LogP contribution in [-0.4, -0.2) is 6.61 Å². The van der Waals surface area contributed by atoms with E-state index in [4.69, 9.17) is 10.5 Å². The monoisotopic (exact) mass is 393 g/mol. The minimum absolute atomic E-state index is 0.327. The van der Waals surface area contributed by atoms with E-state index >= 15 is 0 Å². The molecule has 2 rings (SSSR count). The van der Waals surface area contributed by atoms with Crippen LogP contribution in [0.4, 0.5) is 0 Å². The summed E-state index contributed by atoms with van der Waals surface area (Å²) < 4.78 is 7.42. The summed E-state index contributed by atoms with van der Waals surface area (Å²) in [4.78, 5) is 0. The van der Waals surface area contributed by atoms with Crippen LogP contribution in [0.25, 0.3) is 0 Å². The Hall–Kier alpha value is -1.28. The van der Waals surface area contributed by atoms with Gasteiger partial charge in [-0.05, 0) is 61.7 Å². The molecule has 0 aliphatic rings. The van der Waals surface area contributed by atoms with Gasteiger partial charge in [0.1, 0.15) is 12.4 Å². The first kappa shape index (κ1) is 15.1. The van der Waals surface area contributed by atoms with Gasteiger partial charge in [0, 0.05) is 12.1 Å². The van der Waals surface area contributed by atoms with Gasteiger partial charge < -0.3 is 10.5 Å². The number of hydrogen-bond donors (Lipinski definition) is 1. The second-order valence-corrected chi connectivity index (χ2v) is 5.76. The summed E-state index contributed by atoms with van der Waals surface area (Å²) in [6.07, 6.45) is 0. The molecule has 0 heterocycles. The van der Waals surface area contributed by atoms with Gasteiger partial charge in [0.25, 0.3) is 0 Å². The fraction of sp³-hybridized carbons (Fsp3) is 0.125. The molecule has 0 amide bonds. The van der Waals surface area contributed by atoms with E-state index in [-0.39, 0.29) is 0 Å². The Bertz CT molecular complexity index is 622. The molecule has 0 atom stereocenters. The van der Waals surface area contributed by atoms with Crippen LogP contribution in [-0.2, 0) is 6.54 Å². The highest BCUT2D eigenvalue weighted by atomic mass is 79.9. The highest BCUT2D eigenvalue weighted by Gasteiger charge is 2.07. The number of ether oxygens (including phenoxy) is 1. The molecule has 0 aliphatic heterocycles. The van der Waals surface area contributed by atoms with Crippen LogP contribution in [0.5, 0.6) is 5.75 Å². The van der Waals surface area contributed by atoms with Crippen molar-refractivity contribution in [3.8, 4) is 17.6 Å². The smallest absolute Gasteiger partial charge is 0.149 e. The molecule has 2 aromatic rings. The molecule has 0 spiro atoms. The van der Waals surface area contributed by atoms with Gasteiger partial charge in [0.15, 0.2) is 0 Å². The van der Waals surface area contributed by atoms with E-state index in [9.17, 15) is 0 Å². The van der Waals surface area contributed by atoms with Gasteiger partial charge >= 0.3 is 0 Å². The fourth-order valence-corrected chi connectivity index (χ4v) is 3.15. The molecule has 2 aromatic carbocycles. The van der Waals surface area contributed by atoms with Crippen LogP contribution >= 0.6 is 31.9 Å². The Balaban J connectivity index is 2.03. The normalized spacial score (nSPS) is 9.75. The van der Waals surface area contributed by atoms with Gasteiger partial charge in [-0.15, -0.1) is 0 Å². The molecular weight excluding hydrogens is 382 g/mol. The number of benzene rings is 2. The van der Waals surface area contributed by atoms with Crippen molar-refractivity contribution in [3.63, 3.8) is 0 Å². The number of nitrogens with two attached hydrogens (primary N) is 1. The summed E-state index contributed by atoms with van der Waals surface area (Å²) in [7, 11) is 0. The summed E-state index contributed by atoms with van der Waals surface area (Å²) in [6, 6.07) is 13.7. The predicted octanol–water partition coefficient (Wildman–Crippen LogP) is 4.10.